The van der Waals surface area contributed by atoms with Crippen LogP contribution in [0, 0.1) is 0 Å². The summed E-state index contributed by atoms with van der Waals surface area (Å²) in [5, 5.41) is 3.60. The van der Waals surface area contributed by atoms with Gasteiger partial charge < -0.3 is 19.7 Å². The molecule has 1 aromatic rings. The molecule has 122 valence electrons. The van der Waals surface area contributed by atoms with Gasteiger partial charge in [-0.2, -0.15) is 0 Å². The van der Waals surface area contributed by atoms with Crippen LogP contribution >= 0.6 is 0 Å². The van der Waals surface area contributed by atoms with Crippen molar-refractivity contribution < 1.29 is 9.47 Å². The molecule has 2 aliphatic rings. The molecule has 0 saturated carbocycles. The second-order valence-electron chi connectivity index (χ2n) is 6.87. The number of nitrogens with zero attached hydrogens (tertiary/aromatic N) is 1. The minimum absolute atomic E-state index is 0.0663. The number of piperidine rings is 1. The van der Waals surface area contributed by atoms with E-state index in [0.717, 1.165) is 31.0 Å². The van der Waals surface area contributed by atoms with Gasteiger partial charge in [0.2, 0.25) is 0 Å². The van der Waals surface area contributed by atoms with E-state index in [1.807, 2.05) is 0 Å². The van der Waals surface area contributed by atoms with Crippen molar-refractivity contribution in [3.8, 4) is 11.5 Å². The molecule has 2 saturated heterocycles. The van der Waals surface area contributed by atoms with Gasteiger partial charge in [0.05, 0.1) is 7.11 Å². The summed E-state index contributed by atoms with van der Waals surface area (Å²) in [4.78, 5) is 2.33. The molecular weight excluding hydrogens is 276 g/mol. The van der Waals surface area contributed by atoms with Crippen LogP contribution in [0.1, 0.15) is 38.2 Å². The number of rotatable bonds is 4. The van der Waals surface area contributed by atoms with Crippen LogP contribution in [0.15, 0.2) is 18.2 Å². The van der Waals surface area contributed by atoms with Crippen LogP contribution in [-0.4, -0.2) is 44.8 Å². The molecule has 3 rings (SSSR count). The monoisotopic (exact) mass is 304 g/mol. The molecule has 0 aliphatic carbocycles. The summed E-state index contributed by atoms with van der Waals surface area (Å²) in [5.41, 5.74) is 1.35. The highest BCUT2D eigenvalue weighted by atomic mass is 16.5. The predicted molar refractivity (Wildman–Crippen MR) is 88.7 cm³/mol. The fourth-order valence-corrected chi connectivity index (χ4v) is 3.64. The zero-order valence-electron chi connectivity index (χ0n) is 14.0. The highest BCUT2D eigenvalue weighted by Crippen LogP contribution is 2.37. The van der Waals surface area contributed by atoms with E-state index in [9.17, 15) is 0 Å². The van der Waals surface area contributed by atoms with Gasteiger partial charge in [-0.3, -0.25) is 0 Å². The first-order valence-corrected chi connectivity index (χ1v) is 8.39. The summed E-state index contributed by atoms with van der Waals surface area (Å²) in [6.45, 7) is 5.51. The number of hydrogen-bond donors (Lipinski definition) is 1. The first-order valence-electron chi connectivity index (χ1n) is 8.39. The SMILES string of the molecule is COc1cc(C2(C)CCCN2)ccc1OC1CCCN(C)C1. The lowest BCUT2D eigenvalue weighted by atomic mass is 9.90. The Morgan fingerprint density at radius 3 is 2.82 bits per heavy atom. The average Bonchev–Trinajstić information content (AvgIpc) is 2.95. The van der Waals surface area contributed by atoms with E-state index in [0.29, 0.717) is 0 Å². The maximum Gasteiger partial charge on any atom is 0.161 e. The van der Waals surface area contributed by atoms with Crippen molar-refractivity contribution in [1.29, 1.82) is 0 Å². The lowest BCUT2D eigenvalue weighted by Crippen LogP contribution is -2.38. The number of ether oxygens (including phenoxy) is 2. The standard InChI is InChI=1S/C18H28N2O2/c1-18(9-5-10-19-18)14-7-8-16(17(12-14)21-3)22-15-6-4-11-20(2)13-15/h7-8,12,15,19H,4-6,9-11,13H2,1-3H3. The molecule has 0 bridgehead atoms. The van der Waals surface area contributed by atoms with E-state index in [4.69, 9.17) is 9.47 Å². The van der Waals surface area contributed by atoms with Crippen LogP contribution in [0.25, 0.3) is 0 Å². The molecule has 4 nitrogen and oxygen atoms in total. The van der Waals surface area contributed by atoms with Crippen LogP contribution in [0.2, 0.25) is 0 Å². The molecule has 2 atom stereocenters. The molecular formula is C18H28N2O2. The molecule has 1 aromatic carbocycles. The van der Waals surface area contributed by atoms with Crippen LogP contribution in [0.3, 0.4) is 0 Å². The number of likely N-dealkylation sites (tertiary alicyclic amines) is 1. The second-order valence-corrected chi connectivity index (χ2v) is 6.87. The van der Waals surface area contributed by atoms with E-state index in [1.165, 1.54) is 31.4 Å². The zero-order valence-corrected chi connectivity index (χ0v) is 14.0. The van der Waals surface area contributed by atoms with E-state index < -0.39 is 0 Å². The number of nitrogens with one attached hydrogen (secondary N) is 1. The van der Waals surface area contributed by atoms with Gasteiger partial charge in [-0.05, 0) is 70.4 Å². The summed E-state index contributed by atoms with van der Waals surface area (Å²) in [7, 11) is 3.88. The molecule has 2 unspecified atom stereocenters. The van der Waals surface area contributed by atoms with Crippen molar-refractivity contribution in [2.45, 2.75) is 44.2 Å². The maximum absolute atomic E-state index is 6.21. The topological polar surface area (TPSA) is 33.7 Å². The summed E-state index contributed by atoms with van der Waals surface area (Å²) >= 11 is 0. The Morgan fingerprint density at radius 2 is 2.14 bits per heavy atom. The molecule has 22 heavy (non-hydrogen) atoms. The summed E-state index contributed by atoms with van der Waals surface area (Å²) < 4.78 is 11.8. The molecule has 0 radical (unpaired) electrons. The number of methoxy groups -OCH3 is 1. The first-order chi connectivity index (χ1) is 10.6. The fraction of sp³-hybridized carbons (Fsp3) is 0.667. The van der Waals surface area contributed by atoms with Crippen molar-refractivity contribution in [3.05, 3.63) is 23.8 Å². The third-order valence-corrected chi connectivity index (χ3v) is 5.04. The van der Waals surface area contributed by atoms with Gasteiger partial charge >= 0.3 is 0 Å². The third-order valence-electron chi connectivity index (χ3n) is 5.04. The van der Waals surface area contributed by atoms with Gasteiger partial charge in [0.15, 0.2) is 11.5 Å². The van der Waals surface area contributed by atoms with Gasteiger partial charge in [0, 0.05) is 12.1 Å². The van der Waals surface area contributed by atoms with Gasteiger partial charge in [-0.1, -0.05) is 6.07 Å². The molecule has 2 heterocycles. The Kier molecular flexibility index (Phi) is 4.59. The molecule has 2 aliphatic heterocycles. The van der Waals surface area contributed by atoms with Gasteiger partial charge in [-0.25, -0.2) is 0 Å². The van der Waals surface area contributed by atoms with E-state index in [1.54, 1.807) is 7.11 Å². The van der Waals surface area contributed by atoms with E-state index >= 15 is 0 Å². The normalized spacial score (nSPS) is 29.5. The largest absolute Gasteiger partial charge is 0.493 e. The van der Waals surface area contributed by atoms with Gasteiger partial charge in [-0.15, -0.1) is 0 Å². The maximum atomic E-state index is 6.21. The molecule has 0 spiro atoms. The van der Waals surface area contributed by atoms with E-state index in [-0.39, 0.29) is 11.6 Å². The molecule has 4 heteroatoms. The minimum atomic E-state index is 0.0663. The smallest absolute Gasteiger partial charge is 0.161 e. The van der Waals surface area contributed by atoms with Gasteiger partial charge in [0.25, 0.3) is 0 Å². The Labute approximate surface area is 133 Å². The minimum Gasteiger partial charge on any atom is -0.493 e. The highest BCUT2D eigenvalue weighted by Gasteiger charge is 2.31. The fourth-order valence-electron chi connectivity index (χ4n) is 3.64. The second kappa shape index (κ2) is 6.47. The average molecular weight is 304 g/mol. The number of benzene rings is 1. The van der Waals surface area contributed by atoms with Crippen molar-refractivity contribution >= 4 is 0 Å². The highest BCUT2D eigenvalue weighted by molar-refractivity contribution is 5.45. The number of hydrogen-bond acceptors (Lipinski definition) is 4. The first kappa shape index (κ1) is 15.6. The lowest BCUT2D eigenvalue weighted by Gasteiger charge is -2.31. The van der Waals surface area contributed by atoms with E-state index in [2.05, 4.69) is 42.4 Å². The molecule has 2 fully saturated rings. The Hall–Kier alpha value is -1.26. The van der Waals surface area contributed by atoms with Crippen molar-refractivity contribution in [3.63, 3.8) is 0 Å². The molecule has 0 amide bonds. The van der Waals surface area contributed by atoms with Gasteiger partial charge in [0.1, 0.15) is 6.10 Å². The van der Waals surface area contributed by atoms with Crippen LogP contribution in [0.4, 0.5) is 0 Å². The Balaban J connectivity index is 1.77. The van der Waals surface area contributed by atoms with Crippen LogP contribution in [-0.2, 0) is 5.54 Å². The zero-order chi connectivity index (χ0) is 15.6. The molecule has 0 aromatic heterocycles. The lowest BCUT2D eigenvalue weighted by molar-refractivity contribution is 0.101. The van der Waals surface area contributed by atoms with Crippen molar-refractivity contribution in [2.24, 2.45) is 0 Å². The Morgan fingerprint density at radius 1 is 1.27 bits per heavy atom. The molecule has 1 N–H and O–H groups in total. The Bertz CT molecular complexity index is 512. The number of likely N-dealkylation sites (N-methyl/N-ethyl adjacent to an activating group) is 1. The van der Waals surface area contributed by atoms with Crippen LogP contribution in [0.5, 0.6) is 11.5 Å². The summed E-state index contributed by atoms with van der Waals surface area (Å²) in [6.07, 6.45) is 4.98. The van der Waals surface area contributed by atoms with Crippen molar-refractivity contribution in [1.82, 2.24) is 10.2 Å². The van der Waals surface area contributed by atoms with Crippen molar-refractivity contribution in [2.75, 3.05) is 33.8 Å². The van der Waals surface area contributed by atoms with Crippen LogP contribution < -0.4 is 14.8 Å². The quantitative estimate of drug-likeness (QED) is 0.927. The third kappa shape index (κ3) is 3.23. The summed E-state index contributed by atoms with van der Waals surface area (Å²) in [6, 6.07) is 6.40. The predicted octanol–water partition coefficient (Wildman–Crippen LogP) is 2.77. The summed E-state index contributed by atoms with van der Waals surface area (Å²) in [5.74, 6) is 1.72.